The number of ether oxygens (including phenoxy) is 1. The zero-order chi connectivity index (χ0) is 16.8. The van der Waals surface area contributed by atoms with Gasteiger partial charge in [0, 0.05) is 11.6 Å². The van der Waals surface area contributed by atoms with E-state index in [0.29, 0.717) is 17.1 Å². The molecule has 0 radical (unpaired) electrons. The van der Waals surface area contributed by atoms with Gasteiger partial charge in [-0.2, -0.15) is 0 Å². The van der Waals surface area contributed by atoms with E-state index in [-0.39, 0.29) is 30.8 Å². The summed E-state index contributed by atoms with van der Waals surface area (Å²) in [6.07, 6.45) is 0. The van der Waals surface area contributed by atoms with Crippen LogP contribution in [0.2, 0.25) is 0 Å². The number of Topliss-reactive ketones (excluding diaryl/α,β-unsaturated/α-hetero) is 1. The van der Waals surface area contributed by atoms with Crippen LogP contribution in [0.15, 0.2) is 34.9 Å². The second-order valence-corrected chi connectivity index (χ2v) is 5.52. The summed E-state index contributed by atoms with van der Waals surface area (Å²) in [5.41, 5.74) is 1.46. The molecule has 1 heterocycles. The third-order valence-electron chi connectivity index (χ3n) is 3.26. The Morgan fingerprint density at radius 1 is 1.26 bits per heavy atom. The Morgan fingerprint density at radius 2 is 1.96 bits per heavy atom. The third-order valence-corrected chi connectivity index (χ3v) is 3.26. The van der Waals surface area contributed by atoms with E-state index >= 15 is 0 Å². The summed E-state index contributed by atoms with van der Waals surface area (Å²) in [5.74, 6) is 1.15. The number of carbonyl (C=O) groups is 2. The van der Waals surface area contributed by atoms with Crippen LogP contribution in [0.4, 0.5) is 0 Å². The number of hydrogen-bond donors (Lipinski definition) is 1. The lowest BCUT2D eigenvalue weighted by molar-refractivity contribution is -0.123. The Kier molecular flexibility index (Phi) is 5.51. The molecule has 0 fully saturated rings. The van der Waals surface area contributed by atoms with Crippen LogP contribution < -0.4 is 10.1 Å². The lowest BCUT2D eigenvalue weighted by atomic mass is 10.1. The second-order valence-electron chi connectivity index (χ2n) is 5.52. The molecule has 2 aromatic rings. The maximum Gasteiger partial charge on any atom is 0.258 e. The molecular weight excluding hydrogens is 296 g/mol. The predicted molar refractivity (Wildman–Crippen MR) is 84.4 cm³/mol. The Bertz CT molecular complexity index is 674. The van der Waals surface area contributed by atoms with Crippen molar-refractivity contribution in [1.82, 2.24) is 10.5 Å². The van der Waals surface area contributed by atoms with Crippen molar-refractivity contribution in [2.75, 3.05) is 6.61 Å². The second kappa shape index (κ2) is 7.58. The summed E-state index contributed by atoms with van der Waals surface area (Å²) in [7, 11) is 0. The van der Waals surface area contributed by atoms with Gasteiger partial charge in [-0.1, -0.05) is 19.0 Å². The molecule has 0 aliphatic carbocycles. The van der Waals surface area contributed by atoms with Gasteiger partial charge in [-0.25, -0.2) is 0 Å². The van der Waals surface area contributed by atoms with Crippen LogP contribution in [0.25, 0.3) is 0 Å². The molecule has 122 valence electrons. The summed E-state index contributed by atoms with van der Waals surface area (Å²) < 4.78 is 10.5. The van der Waals surface area contributed by atoms with Gasteiger partial charge in [0.25, 0.3) is 5.91 Å². The van der Waals surface area contributed by atoms with Crippen LogP contribution >= 0.6 is 0 Å². The first kappa shape index (κ1) is 16.7. The fourth-order valence-corrected chi connectivity index (χ4v) is 1.86. The number of nitrogens with one attached hydrogen (secondary N) is 1. The SMILES string of the molecule is CC(=O)c1ccc(OCC(=O)NCc2cc(C(C)C)no2)cc1. The highest BCUT2D eigenvalue weighted by atomic mass is 16.5. The van der Waals surface area contributed by atoms with Crippen molar-refractivity contribution in [1.29, 1.82) is 0 Å². The van der Waals surface area contributed by atoms with E-state index in [1.54, 1.807) is 24.3 Å². The normalized spacial score (nSPS) is 10.6. The average molecular weight is 316 g/mol. The van der Waals surface area contributed by atoms with E-state index in [1.807, 2.05) is 19.9 Å². The van der Waals surface area contributed by atoms with Gasteiger partial charge in [0.15, 0.2) is 18.2 Å². The Morgan fingerprint density at radius 3 is 2.52 bits per heavy atom. The summed E-state index contributed by atoms with van der Waals surface area (Å²) in [6.45, 7) is 5.70. The van der Waals surface area contributed by atoms with Crippen LogP contribution in [0, 0.1) is 0 Å². The monoisotopic (exact) mass is 316 g/mol. The van der Waals surface area contributed by atoms with E-state index in [2.05, 4.69) is 10.5 Å². The number of nitrogens with zero attached hydrogens (tertiary/aromatic N) is 1. The molecule has 23 heavy (non-hydrogen) atoms. The van der Waals surface area contributed by atoms with Crippen molar-refractivity contribution < 1.29 is 18.8 Å². The molecule has 1 aromatic heterocycles. The van der Waals surface area contributed by atoms with Crippen molar-refractivity contribution in [2.24, 2.45) is 0 Å². The number of aromatic nitrogens is 1. The molecule has 1 N–H and O–H groups in total. The van der Waals surface area contributed by atoms with Crippen molar-refractivity contribution in [2.45, 2.75) is 33.2 Å². The zero-order valence-electron chi connectivity index (χ0n) is 13.5. The molecule has 2 rings (SSSR count). The summed E-state index contributed by atoms with van der Waals surface area (Å²) >= 11 is 0. The molecule has 0 spiro atoms. The van der Waals surface area contributed by atoms with Gasteiger partial charge in [0.05, 0.1) is 12.2 Å². The number of hydrogen-bond acceptors (Lipinski definition) is 5. The standard InChI is InChI=1S/C17H20N2O4/c1-11(2)16-8-15(23-19-16)9-18-17(21)10-22-14-6-4-13(5-7-14)12(3)20/h4-8,11H,9-10H2,1-3H3,(H,18,21). The lowest BCUT2D eigenvalue weighted by Gasteiger charge is -2.06. The molecule has 0 bridgehead atoms. The highest BCUT2D eigenvalue weighted by Crippen LogP contribution is 2.14. The Balaban J connectivity index is 1.77. The fraction of sp³-hybridized carbons (Fsp3) is 0.353. The fourth-order valence-electron chi connectivity index (χ4n) is 1.86. The van der Waals surface area contributed by atoms with Crippen molar-refractivity contribution >= 4 is 11.7 Å². The van der Waals surface area contributed by atoms with E-state index in [4.69, 9.17) is 9.26 Å². The van der Waals surface area contributed by atoms with E-state index in [1.165, 1.54) is 6.92 Å². The first-order chi connectivity index (χ1) is 11.0. The molecule has 0 saturated carbocycles. The molecule has 1 aromatic carbocycles. The molecule has 6 heteroatoms. The van der Waals surface area contributed by atoms with Crippen molar-refractivity contribution in [3.63, 3.8) is 0 Å². The quantitative estimate of drug-likeness (QED) is 0.794. The van der Waals surface area contributed by atoms with Gasteiger partial charge in [-0.05, 0) is 37.1 Å². The molecule has 0 atom stereocenters. The maximum absolute atomic E-state index is 11.8. The predicted octanol–water partition coefficient (Wildman–Crippen LogP) is 2.70. The van der Waals surface area contributed by atoms with Gasteiger partial charge >= 0.3 is 0 Å². The smallest absolute Gasteiger partial charge is 0.258 e. The van der Waals surface area contributed by atoms with Gasteiger partial charge in [0.1, 0.15) is 5.75 Å². The van der Waals surface area contributed by atoms with Gasteiger partial charge < -0.3 is 14.6 Å². The number of ketones is 1. The zero-order valence-corrected chi connectivity index (χ0v) is 13.5. The van der Waals surface area contributed by atoms with Gasteiger partial charge in [-0.3, -0.25) is 9.59 Å². The third kappa shape index (κ3) is 4.95. The summed E-state index contributed by atoms with van der Waals surface area (Å²) in [5, 5.41) is 6.62. The number of carbonyl (C=O) groups excluding carboxylic acids is 2. The van der Waals surface area contributed by atoms with Gasteiger partial charge in [-0.15, -0.1) is 0 Å². The minimum Gasteiger partial charge on any atom is -0.484 e. The maximum atomic E-state index is 11.8. The highest BCUT2D eigenvalue weighted by molar-refractivity contribution is 5.94. The summed E-state index contributed by atoms with van der Waals surface area (Å²) in [4.78, 5) is 22.9. The Labute approximate surface area is 134 Å². The van der Waals surface area contributed by atoms with E-state index < -0.39 is 0 Å². The molecule has 0 aliphatic rings. The van der Waals surface area contributed by atoms with Crippen LogP contribution in [-0.2, 0) is 11.3 Å². The minimum absolute atomic E-state index is 0.0119. The number of rotatable bonds is 7. The lowest BCUT2D eigenvalue weighted by Crippen LogP contribution is -2.28. The average Bonchev–Trinajstić information content (AvgIpc) is 3.00. The summed E-state index contributed by atoms with van der Waals surface area (Å²) in [6, 6.07) is 8.48. The molecule has 0 saturated heterocycles. The minimum atomic E-state index is -0.261. The number of benzene rings is 1. The molecule has 0 unspecified atom stereocenters. The number of amides is 1. The van der Waals surface area contributed by atoms with Crippen molar-refractivity contribution in [3.05, 3.63) is 47.3 Å². The molecular formula is C17H20N2O4. The van der Waals surface area contributed by atoms with Gasteiger partial charge in [0.2, 0.25) is 0 Å². The largest absolute Gasteiger partial charge is 0.484 e. The van der Waals surface area contributed by atoms with Crippen LogP contribution in [0.1, 0.15) is 48.5 Å². The van der Waals surface area contributed by atoms with Crippen LogP contribution in [0.5, 0.6) is 5.75 Å². The van der Waals surface area contributed by atoms with Crippen LogP contribution in [-0.4, -0.2) is 23.5 Å². The van der Waals surface area contributed by atoms with E-state index in [0.717, 1.165) is 5.69 Å². The molecule has 6 nitrogen and oxygen atoms in total. The van der Waals surface area contributed by atoms with Crippen LogP contribution in [0.3, 0.4) is 0 Å². The van der Waals surface area contributed by atoms with E-state index in [9.17, 15) is 9.59 Å². The molecule has 0 aliphatic heterocycles. The first-order valence-electron chi connectivity index (χ1n) is 7.41. The van der Waals surface area contributed by atoms with Crippen molar-refractivity contribution in [3.8, 4) is 5.75 Å². The first-order valence-corrected chi connectivity index (χ1v) is 7.41. The molecule has 1 amide bonds. The highest BCUT2D eigenvalue weighted by Gasteiger charge is 2.09. The topological polar surface area (TPSA) is 81.4 Å². The Hall–Kier alpha value is -2.63.